The molecule has 124 valence electrons. The van der Waals surface area contributed by atoms with Gasteiger partial charge in [-0.05, 0) is 36.1 Å². The van der Waals surface area contributed by atoms with E-state index in [4.69, 9.17) is 0 Å². The molecule has 1 aromatic heterocycles. The van der Waals surface area contributed by atoms with Gasteiger partial charge in [0.25, 0.3) is 5.56 Å². The quantitative estimate of drug-likeness (QED) is 0.811. The number of aromatic amines is 1. The predicted molar refractivity (Wildman–Crippen MR) is 85.6 cm³/mol. The molecule has 2 N–H and O–H groups in total. The Morgan fingerprint density at radius 3 is 2.74 bits per heavy atom. The Labute approximate surface area is 132 Å². The molecule has 0 spiro atoms. The van der Waals surface area contributed by atoms with Crippen molar-refractivity contribution in [3.8, 4) is 0 Å². The third kappa shape index (κ3) is 5.17. The number of amides is 1. The summed E-state index contributed by atoms with van der Waals surface area (Å²) in [5, 5.41) is 3.17. The molecule has 8 heteroatoms. The van der Waals surface area contributed by atoms with E-state index in [1.165, 1.54) is 12.1 Å². The standard InChI is InChI=1S/C15H17FN2O4S/c1-23(21,22)7-6-17-14(19)5-3-11-8-10-2-4-12(16)9-13(10)18-15(11)20/h2,4,8-9H,3,5-7H2,1H3,(H,17,19)(H,18,20). The lowest BCUT2D eigenvalue weighted by Crippen LogP contribution is -2.29. The van der Waals surface area contributed by atoms with Crippen LogP contribution in [0, 0.1) is 5.82 Å². The maximum Gasteiger partial charge on any atom is 0.251 e. The van der Waals surface area contributed by atoms with E-state index in [0.717, 1.165) is 6.26 Å². The summed E-state index contributed by atoms with van der Waals surface area (Å²) < 4.78 is 35.0. The number of carbonyl (C=O) groups is 1. The number of fused-ring (bicyclic) bond motifs is 1. The molecule has 0 aliphatic carbocycles. The van der Waals surface area contributed by atoms with Crippen LogP contribution in [-0.4, -0.2) is 37.9 Å². The minimum atomic E-state index is -3.12. The molecule has 0 saturated carbocycles. The van der Waals surface area contributed by atoms with Gasteiger partial charge in [-0.1, -0.05) is 0 Å². The Morgan fingerprint density at radius 1 is 1.30 bits per heavy atom. The zero-order chi connectivity index (χ0) is 17.0. The molecule has 0 fully saturated rings. The van der Waals surface area contributed by atoms with E-state index in [2.05, 4.69) is 10.3 Å². The number of aromatic nitrogens is 1. The molecule has 0 bridgehead atoms. The molecular weight excluding hydrogens is 323 g/mol. The summed E-state index contributed by atoms with van der Waals surface area (Å²) in [7, 11) is -3.12. The van der Waals surface area contributed by atoms with Gasteiger partial charge in [0.1, 0.15) is 15.7 Å². The molecule has 0 radical (unpaired) electrons. The van der Waals surface area contributed by atoms with E-state index in [0.29, 0.717) is 16.5 Å². The van der Waals surface area contributed by atoms with Crippen LogP contribution in [0.3, 0.4) is 0 Å². The first-order valence-electron chi connectivity index (χ1n) is 7.00. The highest BCUT2D eigenvalue weighted by atomic mass is 32.2. The fourth-order valence-electron chi connectivity index (χ4n) is 2.12. The Bertz CT molecular complexity index is 890. The second kappa shape index (κ2) is 6.91. The second-order valence-corrected chi connectivity index (χ2v) is 7.59. The molecule has 2 aromatic rings. The highest BCUT2D eigenvalue weighted by Gasteiger charge is 2.08. The topological polar surface area (TPSA) is 96.1 Å². The number of aryl methyl sites for hydroxylation is 1. The largest absolute Gasteiger partial charge is 0.355 e. The molecule has 1 aromatic carbocycles. The van der Waals surface area contributed by atoms with Gasteiger partial charge in [0.15, 0.2) is 0 Å². The van der Waals surface area contributed by atoms with Crippen molar-refractivity contribution in [2.75, 3.05) is 18.6 Å². The minimum Gasteiger partial charge on any atom is -0.355 e. The smallest absolute Gasteiger partial charge is 0.251 e. The summed E-state index contributed by atoms with van der Waals surface area (Å²) in [6.45, 7) is 0.0466. The lowest BCUT2D eigenvalue weighted by molar-refractivity contribution is -0.120. The number of hydrogen-bond donors (Lipinski definition) is 2. The Balaban J connectivity index is 1.99. The molecule has 0 saturated heterocycles. The van der Waals surface area contributed by atoms with Crippen molar-refractivity contribution < 1.29 is 17.6 Å². The van der Waals surface area contributed by atoms with E-state index in [9.17, 15) is 22.4 Å². The normalized spacial score (nSPS) is 11.6. The highest BCUT2D eigenvalue weighted by Crippen LogP contribution is 2.13. The van der Waals surface area contributed by atoms with Crippen LogP contribution < -0.4 is 10.9 Å². The van der Waals surface area contributed by atoms with Crippen molar-refractivity contribution in [2.45, 2.75) is 12.8 Å². The first-order valence-corrected chi connectivity index (χ1v) is 9.06. The zero-order valence-corrected chi connectivity index (χ0v) is 13.4. The summed E-state index contributed by atoms with van der Waals surface area (Å²) in [6, 6.07) is 5.70. The number of hydrogen-bond acceptors (Lipinski definition) is 4. The molecular formula is C15H17FN2O4S. The van der Waals surface area contributed by atoms with E-state index >= 15 is 0 Å². The van der Waals surface area contributed by atoms with Crippen molar-refractivity contribution in [2.24, 2.45) is 0 Å². The number of halogens is 1. The minimum absolute atomic E-state index is 0.0466. The van der Waals surface area contributed by atoms with E-state index < -0.39 is 15.7 Å². The predicted octanol–water partition coefficient (Wildman–Crippen LogP) is 0.761. The van der Waals surface area contributed by atoms with Crippen LogP contribution in [0.15, 0.2) is 29.1 Å². The van der Waals surface area contributed by atoms with Gasteiger partial charge in [-0.3, -0.25) is 9.59 Å². The van der Waals surface area contributed by atoms with Gasteiger partial charge in [-0.2, -0.15) is 0 Å². The van der Waals surface area contributed by atoms with Crippen LogP contribution in [0.2, 0.25) is 0 Å². The molecule has 1 heterocycles. The lowest BCUT2D eigenvalue weighted by atomic mass is 10.1. The third-order valence-corrected chi connectivity index (χ3v) is 4.25. The SMILES string of the molecule is CS(=O)(=O)CCNC(=O)CCc1cc2ccc(F)cc2[nH]c1=O. The number of sulfone groups is 1. The van der Waals surface area contributed by atoms with Crippen molar-refractivity contribution >= 4 is 26.6 Å². The third-order valence-electron chi connectivity index (χ3n) is 3.30. The molecule has 6 nitrogen and oxygen atoms in total. The number of rotatable bonds is 6. The number of pyridine rings is 1. The highest BCUT2D eigenvalue weighted by molar-refractivity contribution is 7.90. The lowest BCUT2D eigenvalue weighted by Gasteiger charge is -2.05. The Morgan fingerprint density at radius 2 is 2.04 bits per heavy atom. The molecule has 23 heavy (non-hydrogen) atoms. The van der Waals surface area contributed by atoms with E-state index in [1.54, 1.807) is 12.1 Å². The number of nitrogens with one attached hydrogen (secondary N) is 2. The molecule has 1 amide bonds. The van der Waals surface area contributed by atoms with Crippen LogP contribution in [0.5, 0.6) is 0 Å². The van der Waals surface area contributed by atoms with Gasteiger partial charge in [0, 0.05) is 24.8 Å². The molecule has 0 unspecified atom stereocenters. The summed E-state index contributed by atoms with van der Waals surface area (Å²) in [6.07, 6.45) is 1.38. The molecule has 2 rings (SSSR count). The summed E-state index contributed by atoms with van der Waals surface area (Å²) in [5.41, 5.74) is 0.450. The monoisotopic (exact) mass is 340 g/mol. The molecule has 0 atom stereocenters. The average molecular weight is 340 g/mol. The fraction of sp³-hybridized carbons (Fsp3) is 0.333. The van der Waals surface area contributed by atoms with Crippen molar-refractivity contribution in [1.82, 2.24) is 10.3 Å². The van der Waals surface area contributed by atoms with Gasteiger partial charge in [0.05, 0.1) is 11.3 Å². The van der Waals surface area contributed by atoms with E-state index in [1.807, 2.05) is 0 Å². The van der Waals surface area contributed by atoms with Gasteiger partial charge in [0.2, 0.25) is 5.91 Å². The number of H-pyrrole nitrogens is 1. The molecule has 0 aliphatic rings. The zero-order valence-electron chi connectivity index (χ0n) is 12.6. The summed E-state index contributed by atoms with van der Waals surface area (Å²) in [5.74, 6) is -0.890. The molecule has 0 aliphatic heterocycles. The Kier molecular flexibility index (Phi) is 5.15. The van der Waals surface area contributed by atoms with E-state index in [-0.39, 0.29) is 36.6 Å². The van der Waals surface area contributed by atoms with Gasteiger partial charge >= 0.3 is 0 Å². The van der Waals surface area contributed by atoms with Gasteiger partial charge < -0.3 is 10.3 Å². The first kappa shape index (κ1) is 17.1. The summed E-state index contributed by atoms with van der Waals surface area (Å²) >= 11 is 0. The maximum absolute atomic E-state index is 13.1. The van der Waals surface area contributed by atoms with Gasteiger partial charge in [-0.25, -0.2) is 12.8 Å². The van der Waals surface area contributed by atoms with Crippen LogP contribution in [0.1, 0.15) is 12.0 Å². The second-order valence-electron chi connectivity index (χ2n) is 5.34. The number of carbonyl (C=O) groups excluding carboxylic acids is 1. The average Bonchev–Trinajstić information content (AvgIpc) is 2.43. The van der Waals surface area contributed by atoms with Crippen LogP contribution >= 0.6 is 0 Å². The first-order chi connectivity index (χ1) is 10.7. The van der Waals surface area contributed by atoms with Crippen molar-refractivity contribution in [1.29, 1.82) is 0 Å². The van der Waals surface area contributed by atoms with Crippen LogP contribution in [0.4, 0.5) is 4.39 Å². The van der Waals surface area contributed by atoms with Crippen LogP contribution in [-0.2, 0) is 21.1 Å². The fourth-order valence-corrected chi connectivity index (χ4v) is 2.59. The maximum atomic E-state index is 13.1. The van der Waals surface area contributed by atoms with Crippen molar-refractivity contribution in [3.05, 3.63) is 46.0 Å². The Hall–Kier alpha value is -2.22. The number of benzene rings is 1. The van der Waals surface area contributed by atoms with Crippen LogP contribution in [0.25, 0.3) is 10.9 Å². The van der Waals surface area contributed by atoms with Crippen molar-refractivity contribution in [3.63, 3.8) is 0 Å². The van der Waals surface area contributed by atoms with Gasteiger partial charge in [-0.15, -0.1) is 0 Å². The summed E-state index contributed by atoms with van der Waals surface area (Å²) in [4.78, 5) is 26.1.